The zero-order valence-corrected chi connectivity index (χ0v) is 24.2. The van der Waals surface area contributed by atoms with E-state index < -0.39 is 22.5 Å². The summed E-state index contributed by atoms with van der Waals surface area (Å²) in [5.41, 5.74) is 3.41. The highest BCUT2D eigenvalue weighted by atomic mass is 79.9. The minimum absolute atomic E-state index is 0.0552. The van der Waals surface area contributed by atoms with E-state index >= 15 is 0 Å². The van der Waals surface area contributed by atoms with Gasteiger partial charge in [-0.3, -0.25) is 13.9 Å². The highest BCUT2D eigenvalue weighted by molar-refractivity contribution is 9.10. The highest BCUT2D eigenvalue weighted by Gasteiger charge is 2.27. The van der Waals surface area contributed by atoms with Crippen molar-refractivity contribution in [2.45, 2.75) is 43.0 Å². The van der Waals surface area contributed by atoms with Crippen molar-refractivity contribution in [3.63, 3.8) is 0 Å². The van der Waals surface area contributed by atoms with Crippen molar-refractivity contribution in [3.8, 4) is 5.75 Å². The van der Waals surface area contributed by atoms with E-state index in [0.29, 0.717) is 21.5 Å². The molecule has 9 nitrogen and oxygen atoms in total. The van der Waals surface area contributed by atoms with E-state index in [9.17, 15) is 18.0 Å². The number of ether oxygens (including phenoxy) is 1. The molecule has 4 rings (SSSR count). The average Bonchev–Trinajstić information content (AvgIpc) is 2.96. The van der Waals surface area contributed by atoms with E-state index in [-0.39, 0.29) is 23.5 Å². The summed E-state index contributed by atoms with van der Waals surface area (Å²) in [6.45, 7) is -0.527. The number of hydrazone groups is 1. The highest BCUT2D eigenvalue weighted by Crippen LogP contribution is 2.26. The fourth-order valence-corrected chi connectivity index (χ4v) is 6.15. The number of anilines is 1. The van der Waals surface area contributed by atoms with E-state index in [1.807, 2.05) is 0 Å². The first-order chi connectivity index (χ1) is 19.3. The van der Waals surface area contributed by atoms with Crippen LogP contribution in [-0.2, 0) is 19.6 Å². The number of sulfonamides is 1. The van der Waals surface area contributed by atoms with Crippen LogP contribution in [0.3, 0.4) is 0 Å². The zero-order chi connectivity index (χ0) is 28.4. The van der Waals surface area contributed by atoms with Gasteiger partial charge in [0.15, 0.2) is 6.61 Å². The van der Waals surface area contributed by atoms with Crippen molar-refractivity contribution < 1.29 is 22.7 Å². The molecule has 0 bridgehead atoms. The van der Waals surface area contributed by atoms with Gasteiger partial charge in [-0.15, -0.1) is 0 Å². The van der Waals surface area contributed by atoms with Gasteiger partial charge >= 0.3 is 0 Å². The first kappa shape index (κ1) is 29.3. The third kappa shape index (κ3) is 8.40. The number of carbonyl (C=O) groups is 2. The third-order valence-corrected chi connectivity index (χ3v) is 8.62. The smallest absolute Gasteiger partial charge is 0.264 e. The Labute approximate surface area is 242 Å². The fourth-order valence-electron chi connectivity index (χ4n) is 4.33. The van der Waals surface area contributed by atoms with Crippen LogP contribution in [0.25, 0.3) is 0 Å². The number of carbonyl (C=O) groups excluding carboxylic acids is 2. The molecule has 0 saturated heterocycles. The Balaban J connectivity index is 1.32. The summed E-state index contributed by atoms with van der Waals surface area (Å²) in [5, 5.41) is 6.98. The average molecular weight is 628 g/mol. The van der Waals surface area contributed by atoms with Gasteiger partial charge in [-0.2, -0.15) is 5.10 Å². The minimum atomic E-state index is -4.01. The molecule has 0 heterocycles. The van der Waals surface area contributed by atoms with Crippen LogP contribution in [0.4, 0.5) is 5.69 Å². The molecule has 3 aromatic carbocycles. The van der Waals surface area contributed by atoms with Crippen LogP contribution in [0.5, 0.6) is 5.75 Å². The number of halogens is 1. The van der Waals surface area contributed by atoms with Crippen LogP contribution < -0.4 is 19.8 Å². The largest absolute Gasteiger partial charge is 0.484 e. The molecule has 1 aliphatic carbocycles. The molecule has 0 unspecified atom stereocenters. The van der Waals surface area contributed by atoms with Crippen LogP contribution >= 0.6 is 15.9 Å². The molecular weight excluding hydrogens is 596 g/mol. The van der Waals surface area contributed by atoms with Gasteiger partial charge in [0.25, 0.3) is 21.8 Å². The van der Waals surface area contributed by atoms with Crippen molar-refractivity contribution in [2.24, 2.45) is 5.10 Å². The van der Waals surface area contributed by atoms with Gasteiger partial charge in [0.05, 0.1) is 16.8 Å². The number of hydrogen-bond acceptors (Lipinski definition) is 6. The molecule has 210 valence electrons. The number of amides is 2. The van der Waals surface area contributed by atoms with Gasteiger partial charge in [0.1, 0.15) is 12.3 Å². The van der Waals surface area contributed by atoms with E-state index in [1.165, 1.54) is 24.8 Å². The van der Waals surface area contributed by atoms with Gasteiger partial charge in [0.2, 0.25) is 0 Å². The van der Waals surface area contributed by atoms with Crippen molar-refractivity contribution in [1.82, 2.24) is 10.7 Å². The molecule has 0 atom stereocenters. The molecule has 0 radical (unpaired) electrons. The van der Waals surface area contributed by atoms with Crippen molar-refractivity contribution in [3.05, 3.63) is 88.9 Å². The second kappa shape index (κ2) is 14.1. The number of hydrogen-bond donors (Lipinski definition) is 2. The Morgan fingerprint density at radius 1 is 0.950 bits per heavy atom. The van der Waals surface area contributed by atoms with E-state index in [1.54, 1.807) is 66.7 Å². The summed E-state index contributed by atoms with van der Waals surface area (Å²) in [6, 6.07) is 21.7. The predicted molar refractivity (Wildman–Crippen MR) is 158 cm³/mol. The molecule has 11 heteroatoms. The zero-order valence-electron chi connectivity index (χ0n) is 21.8. The number of benzene rings is 3. The van der Waals surface area contributed by atoms with Crippen LogP contribution in [0.1, 0.15) is 37.7 Å². The molecule has 2 N–H and O–H groups in total. The maximum absolute atomic E-state index is 13.4. The Morgan fingerprint density at radius 3 is 2.38 bits per heavy atom. The van der Waals surface area contributed by atoms with Crippen LogP contribution in [-0.4, -0.2) is 45.6 Å². The second-order valence-electron chi connectivity index (χ2n) is 9.36. The van der Waals surface area contributed by atoms with Gasteiger partial charge < -0.3 is 10.1 Å². The summed E-state index contributed by atoms with van der Waals surface area (Å²) in [6.07, 6.45) is 6.98. The van der Waals surface area contributed by atoms with Gasteiger partial charge in [-0.1, -0.05) is 59.5 Å². The molecule has 1 fully saturated rings. The molecule has 1 saturated carbocycles. The first-order valence-corrected chi connectivity index (χ1v) is 15.2. The second-order valence-corrected chi connectivity index (χ2v) is 12.1. The lowest BCUT2D eigenvalue weighted by atomic mass is 9.95. The first-order valence-electron chi connectivity index (χ1n) is 13.0. The summed E-state index contributed by atoms with van der Waals surface area (Å²) >= 11 is 3.36. The normalized spacial score (nSPS) is 14.0. The molecule has 2 amide bonds. The lowest BCUT2D eigenvalue weighted by Gasteiger charge is -2.23. The maximum atomic E-state index is 13.4. The Morgan fingerprint density at radius 2 is 1.68 bits per heavy atom. The number of nitrogens with one attached hydrogen (secondary N) is 2. The topological polar surface area (TPSA) is 117 Å². The van der Waals surface area contributed by atoms with Crippen LogP contribution in [0.15, 0.2) is 93.3 Å². The summed E-state index contributed by atoms with van der Waals surface area (Å²) in [7, 11) is -4.01. The van der Waals surface area contributed by atoms with Crippen LogP contribution in [0, 0.1) is 0 Å². The lowest BCUT2D eigenvalue weighted by Crippen LogP contribution is -2.39. The molecule has 0 spiro atoms. The Kier molecular flexibility index (Phi) is 10.3. The number of nitrogens with zero attached hydrogens (tertiary/aromatic N) is 2. The molecule has 3 aromatic rings. The maximum Gasteiger partial charge on any atom is 0.264 e. The predicted octanol–water partition coefficient (Wildman–Crippen LogP) is 4.62. The monoisotopic (exact) mass is 626 g/mol. The SMILES string of the molecule is O=C(CN(c1cccc(Br)c1)S(=O)(=O)c1ccccc1)N/N=C\c1ccc(OCC(=O)NC2CCCCC2)cc1. The fraction of sp³-hybridized carbons (Fsp3) is 0.276. The quantitative estimate of drug-likeness (QED) is 0.238. The van der Waals surface area contributed by atoms with Crippen molar-refractivity contribution >= 4 is 49.7 Å². The summed E-state index contributed by atoms with van der Waals surface area (Å²) < 4.78 is 34.0. The van der Waals surface area contributed by atoms with Crippen molar-refractivity contribution in [2.75, 3.05) is 17.5 Å². The van der Waals surface area contributed by atoms with Crippen molar-refractivity contribution in [1.29, 1.82) is 0 Å². The Hall–Kier alpha value is -3.70. The van der Waals surface area contributed by atoms with E-state index in [2.05, 4.69) is 31.8 Å². The number of rotatable bonds is 11. The minimum Gasteiger partial charge on any atom is -0.484 e. The van der Waals surface area contributed by atoms with Gasteiger partial charge in [-0.05, 0) is 73.0 Å². The molecular formula is C29H31BrN4O5S. The van der Waals surface area contributed by atoms with Gasteiger partial charge in [0, 0.05) is 10.5 Å². The molecule has 0 aromatic heterocycles. The lowest BCUT2D eigenvalue weighted by molar-refractivity contribution is -0.124. The standard InChI is InChI=1S/C29H31BrN4O5S/c30-23-8-7-11-25(18-23)34(40(37,38)27-12-5-2-6-13-27)20-28(35)33-31-19-22-14-16-26(17-15-22)39-21-29(36)32-24-9-3-1-4-10-24/h2,5-8,11-19,24H,1,3-4,9-10,20-21H2,(H,32,36)(H,33,35)/b31-19-. The molecule has 40 heavy (non-hydrogen) atoms. The Bertz CT molecular complexity index is 1430. The van der Waals surface area contributed by atoms with E-state index in [0.717, 1.165) is 30.0 Å². The molecule has 0 aliphatic heterocycles. The molecule has 1 aliphatic rings. The van der Waals surface area contributed by atoms with Crippen LogP contribution in [0.2, 0.25) is 0 Å². The summed E-state index contributed by atoms with van der Waals surface area (Å²) in [5.74, 6) is -0.207. The van der Waals surface area contributed by atoms with Gasteiger partial charge in [-0.25, -0.2) is 13.8 Å². The van der Waals surface area contributed by atoms with E-state index in [4.69, 9.17) is 4.74 Å². The summed E-state index contributed by atoms with van der Waals surface area (Å²) in [4.78, 5) is 24.9. The third-order valence-electron chi connectivity index (χ3n) is 6.34.